The number of halogens is 1. The highest BCUT2D eigenvalue weighted by Crippen LogP contribution is 2.26. The largest absolute Gasteiger partial charge is 0.342 e. The fourth-order valence-electron chi connectivity index (χ4n) is 3.49. The summed E-state index contributed by atoms with van der Waals surface area (Å²) in [4.78, 5) is 14.9. The zero-order valence-corrected chi connectivity index (χ0v) is 16.1. The number of rotatable bonds is 3. The Labute approximate surface area is 152 Å². The van der Waals surface area contributed by atoms with Gasteiger partial charge in [0.1, 0.15) is 0 Å². The molecule has 3 rings (SSSR count). The second kappa shape index (κ2) is 7.54. The van der Waals surface area contributed by atoms with Crippen LogP contribution in [0, 0.1) is 5.92 Å². The number of carbonyl (C=O) groups is 1. The van der Waals surface area contributed by atoms with Crippen molar-refractivity contribution in [2.75, 3.05) is 26.2 Å². The van der Waals surface area contributed by atoms with Crippen molar-refractivity contribution in [3.63, 3.8) is 0 Å². The predicted octanol–water partition coefficient (Wildman–Crippen LogP) is 2.86. The minimum atomic E-state index is -3.53. The van der Waals surface area contributed by atoms with E-state index < -0.39 is 10.0 Å². The molecule has 0 spiro atoms. The standard InChI is InChI=1S/C17H23BrN2O3S/c18-15-6-8-16(9-7-15)24(22,23)20-12-4-5-14(13-20)17(21)19-10-2-1-3-11-19/h6-9,14H,1-5,10-13H2/t14-/m1/s1. The van der Waals surface area contributed by atoms with Crippen LogP contribution in [0.3, 0.4) is 0 Å². The first-order valence-corrected chi connectivity index (χ1v) is 10.8. The zero-order chi connectivity index (χ0) is 17.2. The van der Waals surface area contributed by atoms with Gasteiger partial charge in [-0.1, -0.05) is 15.9 Å². The van der Waals surface area contributed by atoms with Gasteiger partial charge in [0.25, 0.3) is 0 Å². The molecule has 1 amide bonds. The van der Waals surface area contributed by atoms with Crippen LogP contribution in [0.25, 0.3) is 0 Å². The molecule has 0 aliphatic carbocycles. The normalized spacial score (nSPS) is 23.2. The molecule has 2 fully saturated rings. The SMILES string of the molecule is O=C([C@@H]1CCCN(S(=O)(=O)c2ccc(Br)cc2)C1)N1CCCCC1. The van der Waals surface area contributed by atoms with E-state index in [1.54, 1.807) is 24.3 Å². The molecule has 132 valence electrons. The molecule has 2 heterocycles. The van der Waals surface area contributed by atoms with E-state index in [-0.39, 0.29) is 16.7 Å². The van der Waals surface area contributed by atoms with Crippen LogP contribution >= 0.6 is 15.9 Å². The maximum absolute atomic E-state index is 12.8. The third-order valence-corrected chi connectivity index (χ3v) is 7.26. The second-order valence-corrected chi connectivity index (χ2v) is 9.40. The first-order chi connectivity index (χ1) is 11.5. The Kier molecular flexibility index (Phi) is 5.62. The summed E-state index contributed by atoms with van der Waals surface area (Å²) in [6.07, 6.45) is 4.80. The lowest BCUT2D eigenvalue weighted by molar-refractivity contribution is -0.137. The number of nitrogens with zero attached hydrogens (tertiary/aromatic N) is 2. The fraction of sp³-hybridized carbons (Fsp3) is 0.588. The van der Waals surface area contributed by atoms with Gasteiger partial charge in [0.2, 0.25) is 15.9 Å². The highest BCUT2D eigenvalue weighted by molar-refractivity contribution is 9.10. The molecule has 1 aromatic carbocycles. The van der Waals surface area contributed by atoms with Crippen LogP contribution in [-0.4, -0.2) is 49.7 Å². The molecular formula is C17H23BrN2O3S. The summed E-state index contributed by atoms with van der Waals surface area (Å²) < 4.78 is 28.0. The monoisotopic (exact) mass is 414 g/mol. The molecule has 0 aromatic heterocycles. The molecule has 0 radical (unpaired) electrons. The van der Waals surface area contributed by atoms with Gasteiger partial charge in [0, 0.05) is 30.7 Å². The van der Waals surface area contributed by atoms with Crippen molar-refractivity contribution in [3.05, 3.63) is 28.7 Å². The van der Waals surface area contributed by atoms with Crippen LogP contribution in [0.5, 0.6) is 0 Å². The third kappa shape index (κ3) is 3.83. The molecule has 2 saturated heterocycles. The summed E-state index contributed by atoms with van der Waals surface area (Å²) >= 11 is 3.32. The maximum atomic E-state index is 12.8. The molecule has 1 aromatic rings. The van der Waals surface area contributed by atoms with Crippen LogP contribution < -0.4 is 0 Å². The Bertz CT molecular complexity index is 684. The van der Waals surface area contributed by atoms with E-state index in [1.165, 1.54) is 10.7 Å². The molecule has 5 nitrogen and oxygen atoms in total. The Morgan fingerprint density at radius 1 is 1.00 bits per heavy atom. The highest BCUT2D eigenvalue weighted by atomic mass is 79.9. The summed E-state index contributed by atoms with van der Waals surface area (Å²) in [5, 5.41) is 0. The number of amides is 1. The Morgan fingerprint density at radius 2 is 1.67 bits per heavy atom. The highest BCUT2D eigenvalue weighted by Gasteiger charge is 2.35. The van der Waals surface area contributed by atoms with E-state index in [1.807, 2.05) is 4.90 Å². The van der Waals surface area contributed by atoms with Crippen LogP contribution in [-0.2, 0) is 14.8 Å². The quantitative estimate of drug-likeness (QED) is 0.763. The van der Waals surface area contributed by atoms with Gasteiger partial charge in [-0.25, -0.2) is 8.42 Å². The number of carbonyl (C=O) groups excluding carboxylic acids is 1. The molecule has 0 N–H and O–H groups in total. The van der Waals surface area contributed by atoms with E-state index in [4.69, 9.17) is 0 Å². The Morgan fingerprint density at radius 3 is 2.33 bits per heavy atom. The number of likely N-dealkylation sites (tertiary alicyclic amines) is 1. The molecule has 2 aliphatic heterocycles. The first-order valence-electron chi connectivity index (χ1n) is 8.53. The smallest absolute Gasteiger partial charge is 0.243 e. The van der Waals surface area contributed by atoms with Crippen LogP contribution in [0.2, 0.25) is 0 Å². The first kappa shape index (κ1) is 17.9. The van der Waals surface area contributed by atoms with Gasteiger partial charge >= 0.3 is 0 Å². The molecule has 1 atom stereocenters. The summed E-state index contributed by atoms with van der Waals surface area (Å²) in [5.41, 5.74) is 0. The number of hydrogen-bond acceptors (Lipinski definition) is 3. The van der Waals surface area contributed by atoms with Crippen LogP contribution in [0.1, 0.15) is 32.1 Å². The Balaban J connectivity index is 1.72. The van der Waals surface area contributed by atoms with E-state index >= 15 is 0 Å². The van der Waals surface area contributed by atoms with Gasteiger partial charge in [-0.15, -0.1) is 0 Å². The van der Waals surface area contributed by atoms with Gasteiger partial charge in [-0.2, -0.15) is 4.31 Å². The predicted molar refractivity (Wildman–Crippen MR) is 96.1 cm³/mol. The third-order valence-electron chi connectivity index (χ3n) is 4.85. The average molecular weight is 415 g/mol. The van der Waals surface area contributed by atoms with Crippen molar-refractivity contribution in [3.8, 4) is 0 Å². The topological polar surface area (TPSA) is 57.7 Å². The maximum Gasteiger partial charge on any atom is 0.243 e. The van der Waals surface area contributed by atoms with Crippen molar-refractivity contribution in [2.24, 2.45) is 5.92 Å². The number of piperidine rings is 2. The van der Waals surface area contributed by atoms with Gasteiger partial charge in [-0.3, -0.25) is 4.79 Å². The second-order valence-electron chi connectivity index (χ2n) is 6.54. The summed E-state index contributed by atoms with van der Waals surface area (Å²) in [6.45, 7) is 2.42. The van der Waals surface area contributed by atoms with Crippen molar-refractivity contribution in [1.29, 1.82) is 0 Å². The number of hydrogen-bond donors (Lipinski definition) is 0. The van der Waals surface area contributed by atoms with Crippen molar-refractivity contribution in [2.45, 2.75) is 37.0 Å². The van der Waals surface area contributed by atoms with Gasteiger partial charge < -0.3 is 4.90 Å². The number of benzene rings is 1. The molecule has 7 heteroatoms. The van der Waals surface area contributed by atoms with E-state index in [2.05, 4.69) is 15.9 Å². The van der Waals surface area contributed by atoms with Crippen molar-refractivity contribution in [1.82, 2.24) is 9.21 Å². The minimum absolute atomic E-state index is 0.130. The summed E-state index contributed by atoms with van der Waals surface area (Å²) in [5.74, 6) is -0.0764. The zero-order valence-electron chi connectivity index (χ0n) is 13.7. The molecule has 24 heavy (non-hydrogen) atoms. The van der Waals surface area contributed by atoms with Gasteiger partial charge in [-0.05, 0) is 56.4 Å². The molecule has 0 unspecified atom stereocenters. The molecule has 2 aliphatic rings. The summed E-state index contributed by atoms with van der Waals surface area (Å²) in [6, 6.07) is 6.67. The van der Waals surface area contributed by atoms with Gasteiger partial charge in [0.05, 0.1) is 10.8 Å². The van der Waals surface area contributed by atoms with Crippen LogP contribution in [0.15, 0.2) is 33.6 Å². The lowest BCUT2D eigenvalue weighted by Crippen LogP contribution is -2.47. The van der Waals surface area contributed by atoms with E-state index in [0.717, 1.165) is 43.2 Å². The lowest BCUT2D eigenvalue weighted by Gasteiger charge is -2.35. The summed E-state index contributed by atoms with van der Waals surface area (Å²) in [7, 11) is -3.53. The van der Waals surface area contributed by atoms with Gasteiger partial charge in [0.15, 0.2) is 0 Å². The van der Waals surface area contributed by atoms with E-state index in [9.17, 15) is 13.2 Å². The van der Waals surface area contributed by atoms with Crippen molar-refractivity contribution >= 4 is 31.9 Å². The van der Waals surface area contributed by atoms with Crippen LogP contribution in [0.4, 0.5) is 0 Å². The molecule has 0 saturated carbocycles. The minimum Gasteiger partial charge on any atom is -0.342 e. The average Bonchev–Trinajstić information content (AvgIpc) is 2.62. The van der Waals surface area contributed by atoms with E-state index in [0.29, 0.717) is 13.1 Å². The van der Waals surface area contributed by atoms with Crippen molar-refractivity contribution < 1.29 is 13.2 Å². The molecular weight excluding hydrogens is 392 g/mol. The number of sulfonamides is 1. The molecule has 0 bridgehead atoms. The Hall–Kier alpha value is -0.920. The lowest BCUT2D eigenvalue weighted by atomic mass is 9.97. The fourth-order valence-corrected chi connectivity index (χ4v) is 5.28.